The second-order valence-electron chi connectivity index (χ2n) is 6.21. The van der Waals surface area contributed by atoms with Crippen LogP contribution in [-0.2, 0) is 21.9 Å². The van der Waals surface area contributed by atoms with E-state index in [1.54, 1.807) is 31.0 Å². The van der Waals surface area contributed by atoms with Gasteiger partial charge in [-0.25, -0.2) is 0 Å². The lowest BCUT2D eigenvalue weighted by molar-refractivity contribution is -0.384. The van der Waals surface area contributed by atoms with Gasteiger partial charge in [-0.3, -0.25) is 19.7 Å². The van der Waals surface area contributed by atoms with Gasteiger partial charge in [0.25, 0.3) is 5.69 Å². The van der Waals surface area contributed by atoms with Crippen LogP contribution in [0.2, 0.25) is 0 Å². The summed E-state index contributed by atoms with van der Waals surface area (Å²) in [4.78, 5) is 36.7. The van der Waals surface area contributed by atoms with Crippen LogP contribution in [0.4, 0.5) is 5.69 Å². The van der Waals surface area contributed by atoms with E-state index in [0.29, 0.717) is 12.3 Å². The van der Waals surface area contributed by atoms with Crippen molar-refractivity contribution < 1.29 is 14.5 Å². The zero-order valence-corrected chi connectivity index (χ0v) is 16.6. The van der Waals surface area contributed by atoms with Crippen LogP contribution >= 0.6 is 11.8 Å². The molecule has 8 heteroatoms. The Bertz CT molecular complexity index is 812. The Morgan fingerprint density at radius 3 is 2.32 bits per heavy atom. The summed E-state index contributed by atoms with van der Waals surface area (Å²) in [6.07, 6.45) is 0. The Hall–Kier alpha value is -2.87. The molecule has 0 fully saturated rings. The predicted molar refractivity (Wildman–Crippen MR) is 110 cm³/mol. The summed E-state index contributed by atoms with van der Waals surface area (Å²) in [5.74, 6) is 0.416. The molecule has 1 atom stereocenters. The maximum absolute atomic E-state index is 12.8. The zero-order chi connectivity index (χ0) is 20.5. The number of nitrogens with one attached hydrogen (secondary N) is 1. The molecule has 7 nitrogen and oxygen atoms in total. The van der Waals surface area contributed by atoms with Gasteiger partial charge in [0.05, 0.1) is 10.7 Å². The second kappa shape index (κ2) is 10.5. The quantitative estimate of drug-likeness (QED) is 0.515. The molecule has 0 aromatic heterocycles. The van der Waals surface area contributed by atoms with Gasteiger partial charge >= 0.3 is 0 Å². The number of nitrogens with zero attached hydrogens (tertiary/aromatic N) is 2. The Labute approximate surface area is 168 Å². The van der Waals surface area contributed by atoms with Crippen LogP contribution in [0.3, 0.4) is 0 Å². The van der Waals surface area contributed by atoms with Crippen LogP contribution in [0.5, 0.6) is 0 Å². The van der Waals surface area contributed by atoms with Crippen molar-refractivity contribution in [3.63, 3.8) is 0 Å². The van der Waals surface area contributed by atoms with Gasteiger partial charge in [-0.05, 0) is 18.1 Å². The summed E-state index contributed by atoms with van der Waals surface area (Å²) >= 11 is 1.41. The lowest BCUT2D eigenvalue weighted by atomic mass is 10.1. The molecule has 0 aliphatic carbocycles. The molecular weight excluding hydrogens is 378 g/mol. The summed E-state index contributed by atoms with van der Waals surface area (Å²) in [5.41, 5.74) is 1.89. The largest absolute Gasteiger partial charge is 0.357 e. The van der Waals surface area contributed by atoms with E-state index < -0.39 is 11.0 Å². The van der Waals surface area contributed by atoms with E-state index in [1.165, 1.54) is 23.9 Å². The first-order valence-electron chi connectivity index (χ1n) is 8.78. The van der Waals surface area contributed by atoms with E-state index in [-0.39, 0.29) is 23.3 Å². The first-order valence-corrected chi connectivity index (χ1v) is 9.94. The highest BCUT2D eigenvalue weighted by Crippen LogP contribution is 2.18. The molecule has 0 aliphatic heterocycles. The van der Waals surface area contributed by atoms with Crippen LogP contribution < -0.4 is 5.32 Å². The Morgan fingerprint density at radius 1 is 1.11 bits per heavy atom. The molecule has 2 amide bonds. The topological polar surface area (TPSA) is 92.6 Å². The third kappa shape index (κ3) is 6.09. The molecule has 0 aliphatic rings. The first-order chi connectivity index (χ1) is 13.4. The lowest BCUT2D eigenvalue weighted by Crippen LogP contribution is -2.47. The van der Waals surface area contributed by atoms with E-state index in [1.807, 2.05) is 30.3 Å². The Morgan fingerprint density at radius 2 is 1.75 bits per heavy atom. The van der Waals surface area contributed by atoms with Gasteiger partial charge in [0.15, 0.2) is 0 Å². The van der Waals surface area contributed by atoms with Gasteiger partial charge in [-0.1, -0.05) is 42.5 Å². The maximum Gasteiger partial charge on any atom is 0.269 e. The lowest BCUT2D eigenvalue weighted by Gasteiger charge is -2.28. The number of thioether (sulfide) groups is 1. The average molecular weight is 401 g/mol. The minimum Gasteiger partial charge on any atom is -0.357 e. The molecule has 0 unspecified atom stereocenters. The molecular formula is C20H23N3O4S. The average Bonchev–Trinajstić information content (AvgIpc) is 2.72. The van der Waals surface area contributed by atoms with Crippen LogP contribution in [0, 0.1) is 10.1 Å². The van der Waals surface area contributed by atoms with E-state index >= 15 is 0 Å². The van der Waals surface area contributed by atoms with Gasteiger partial charge in [0.2, 0.25) is 11.8 Å². The van der Waals surface area contributed by atoms with Crippen molar-refractivity contribution in [3.05, 3.63) is 75.8 Å². The van der Waals surface area contributed by atoms with E-state index in [4.69, 9.17) is 0 Å². The van der Waals surface area contributed by atoms with Crippen molar-refractivity contribution in [2.75, 3.05) is 12.8 Å². The minimum atomic E-state index is -0.585. The molecule has 0 spiro atoms. The molecule has 0 heterocycles. The normalized spacial score (nSPS) is 11.5. The van der Waals surface area contributed by atoms with Crippen LogP contribution in [0.25, 0.3) is 0 Å². The molecule has 1 N–H and O–H groups in total. The summed E-state index contributed by atoms with van der Waals surface area (Å²) in [6.45, 7) is 2.06. The van der Waals surface area contributed by atoms with Crippen molar-refractivity contribution in [1.29, 1.82) is 0 Å². The maximum atomic E-state index is 12.8. The standard InChI is InChI=1S/C20H23N3O4S/c1-15(20(25)21-2)22(12-16-6-4-3-5-7-16)19(24)14-28-13-17-8-10-18(11-9-17)23(26)27/h3-11,15H,12-14H2,1-2H3,(H,21,25)/t15-/m0/s1. The highest BCUT2D eigenvalue weighted by molar-refractivity contribution is 7.99. The summed E-state index contributed by atoms with van der Waals surface area (Å²) < 4.78 is 0. The van der Waals surface area contributed by atoms with E-state index in [0.717, 1.165) is 11.1 Å². The number of nitro groups is 1. The third-order valence-electron chi connectivity index (χ3n) is 4.25. The number of carbonyl (C=O) groups is 2. The number of nitro benzene ring substituents is 1. The molecule has 0 saturated heterocycles. The van der Waals surface area contributed by atoms with Crippen LogP contribution in [-0.4, -0.2) is 40.5 Å². The van der Waals surface area contributed by atoms with Gasteiger partial charge in [-0.2, -0.15) is 0 Å². The number of benzene rings is 2. The van der Waals surface area contributed by atoms with Crippen LogP contribution in [0.1, 0.15) is 18.1 Å². The van der Waals surface area contributed by atoms with Crippen molar-refractivity contribution in [3.8, 4) is 0 Å². The molecule has 28 heavy (non-hydrogen) atoms. The highest BCUT2D eigenvalue weighted by Gasteiger charge is 2.25. The fraction of sp³-hybridized carbons (Fsp3) is 0.300. The van der Waals surface area contributed by atoms with Crippen molar-refractivity contribution in [2.24, 2.45) is 0 Å². The van der Waals surface area contributed by atoms with Gasteiger partial charge < -0.3 is 10.2 Å². The van der Waals surface area contributed by atoms with Crippen molar-refractivity contribution in [2.45, 2.75) is 25.3 Å². The SMILES string of the molecule is CNC(=O)[C@H](C)N(Cc1ccccc1)C(=O)CSCc1ccc([N+](=O)[O-])cc1. The summed E-state index contributed by atoms with van der Waals surface area (Å²) in [7, 11) is 1.55. The molecule has 2 rings (SSSR count). The highest BCUT2D eigenvalue weighted by atomic mass is 32.2. The molecule has 0 radical (unpaired) electrons. The monoisotopic (exact) mass is 401 g/mol. The fourth-order valence-electron chi connectivity index (χ4n) is 2.62. The third-order valence-corrected chi connectivity index (χ3v) is 5.24. The van der Waals surface area contributed by atoms with Crippen LogP contribution in [0.15, 0.2) is 54.6 Å². The van der Waals surface area contributed by atoms with Crippen molar-refractivity contribution in [1.82, 2.24) is 10.2 Å². The van der Waals surface area contributed by atoms with Crippen molar-refractivity contribution >= 4 is 29.3 Å². The number of hydrogen-bond donors (Lipinski definition) is 1. The van der Waals surface area contributed by atoms with Gasteiger partial charge in [-0.15, -0.1) is 11.8 Å². The number of amides is 2. The zero-order valence-electron chi connectivity index (χ0n) is 15.8. The van der Waals surface area contributed by atoms with Gasteiger partial charge in [0, 0.05) is 31.5 Å². The fourth-order valence-corrected chi connectivity index (χ4v) is 3.50. The summed E-state index contributed by atoms with van der Waals surface area (Å²) in [5, 5.41) is 13.3. The smallest absolute Gasteiger partial charge is 0.269 e. The Kier molecular flexibility index (Phi) is 8.01. The number of non-ortho nitro benzene ring substituents is 1. The van der Waals surface area contributed by atoms with E-state index in [9.17, 15) is 19.7 Å². The molecule has 148 valence electrons. The van der Waals surface area contributed by atoms with Gasteiger partial charge in [0.1, 0.15) is 6.04 Å². The Balaban J connectivity index is 1.99. The predicted octanol–water partition coefficient (Wildman–Crippen LogP) is 2.99. The number of rotatable bonds is 9. The molecule has 2 aromatic rings. The van der Waals surface area contributed by atoms with E-state index in [2.05, 4.69) is 5.32 Å². The molecule has 0 bridgehead atoms. The number of carbonyl (C=O) groups excluding carboxylic acids is 2. The molecule has 0 saturated carbocycles. The minimum absolute atomic E-state index is 0.0401. The first kappa shape index (κ1) is 21.4. The molecule has 2 aromatic carbocycles. The number of hydrogen-bond acceptors (Lipinski definition) is 5. The number of likely N-dealkylation sites (N-methyl/N-ethyl adjacent to an activating group) is 1. The summed E-state index contributed by atoms with van der Waals surface area (Å²) in [6, 6.07) is 15.2. The second-order valence-corrected chi connectivity index (χ2v) is 7.20.